The van der Waals surface area contributed by atoms with Gasteiger partial charge in [-0.3, -0.25) is 19.2 Å². The Labute approximate surface area is 306 Å². The Kier molecular flexibility index (Phi) is 19.5. The highest BCUT2D eigenvalue weighted by molar-refractivity contribution is 8.82. The Morgan fingerprint density at radius 1 is 0.667 bits per heavy atom. The molecule has 0 saturated carbocycles. The minimum atomic E-state index is -1.10. The van der Waals surface area contributed by atoms with Crippen molar-refractivity contribution >= 4 is 102 Å². The van der Waals surface area contributed by atoms with Gasteiger partial charge in [0.15, 0.2) is 0 Å². The predicted octanol–water partition coefficient (Wildman–Crippen LogP) is 3.01. The largest absolute Gasteiger partial charge is 0.464 e. The summed E-state index contributed by atoms with van der Waals surface area (Å²) < 4.78 is 10.3. The van der Waals surface area contributed by atoms with Gasteiger partial charge < -0.3 is 31.6 Å². The number of hydrogen-bond donors (Lipinski definition) is 6. The molecule has 2 aromatic rings. The summed E-state index contributed by atoms with van der Waals surface area (Å²) in [5.74, 6) is -2.26. The Morgan fingerprint density at radius 3 is 1.35 bits per heavy atom. The zero-order valence-corrected chi connectivity index (χ0v) is 31.2. The molecule has 0 aliphatic rings. The first-order chi connectivity index (χ1) is 23.0. The lowest BCUT2D eigenvalue weighted by atomic mass is 9.94. The number of ether oxygens (including phenoxy) is 2. The number of amides is 2. The van der Waals surface area contributed by atoms with Gasteiger partial charge in [0.2, 0.25) is 10.2 Å². The van der Waals surface area contributed by atoms with Crippen LogP contribution in [0.3, 0.4) is 0 Å². The summed E-state index contributed by atoms with van der Waals surface area (Å²) in [5, 5.41) is 4.73. The molecule has 0 heterocycles. The molecule has 0 bridgehead atoms. The minimum Gasteiger partial charge on any atom is -0.464 e. The number of thiol groups is 2. The molecule has 0 radical (unpaired) electrons. The van der Waals surface area contributed by atoms with Crippen molar-refractivity contribution in [2.45, 2.75) is 38.0 Å². The van der Waals surface area contributed by atoms with Crippen molar-refractivity contribution < 1.29 is 38.2 Å². The van der Waals surface area contributed by atoms with Gasteiger partial charge in [0.1, 0.15) is 12.1 Å². The second-order valence-electron chi connectivity index (χ2n) is 9.60. The number of nitrogens with one attached hydrogen (secondary N) is 2. The summed E-state index contributed by atoms with van der Waals surface area (Å²) in [5.41, 5.74) is 12.5. The summed E-state index contributed by atoms with van der Waals surface area (Å²) >= 11 is 8.04. The number of nitrogens with two attached hydrogens (primary N) is 2. The van der Waals surface area contributed by atoms with Crippen LogP contribution in [0.2, 0.25) is 0 Å². The van der Waals surface area contributed by atoms with Crippen molar-refractivity contribution in [3.05, 3.63) is 59.7 Å². The molecular formula is C30H38N4O8S6. The molecule has 2 rings (SSSR count). The molecule has 262 valence electrons. The van der Waals surface area contributed by atoms with E-state index in [0.29, 0.717) is 11.1 Å². The van der Waals surface area contributed by atoms with E-state index < -0.39 is 47.9 Å². The molecule has 6 N–H and O–H groups in total. The molecule has 12 nitrogen and oxygen atoms in total. The van der Waals surface area contributed by atoms with Gasteiger partial charge >= 0.3 is 11.9 Å². The van der Waals surface area contributed by atoms with Crippen LogP contribution in [-0.2, 0) is 28.7 Å². The number of hydrogen-bond acceptors (Lipinski definition) is 16. The Morgan fingerprint density at radius 2 is 1.02 bits per heavy atom. The maximum absolute atomic E-state index is 13.6. The van der Waals surface area contributed by atoms with Crippen LogP contribution in [-0.4, -0.2) is 94.4 Å². The molecule has 48 heavy (non-hydrogen) atoms. The monoisotopic (exact) mass is 774 g/mol. The summed E-state index contributed by atoms with van der Waals surface area (Å²) in [6.45, 7) is 3.42. The first-order valence-corrected chi connectivity index (χ1v) is 20.4. The number of carbonyl (C=O) groups excluding carboxylic acids is 6. The fourth-order valence-electron chi connectivity index (χ4n) is 3.72. The van der Waals surface area contributed by atoms with Crippen LogP contribution in [0.4, 0.5) is 0 Å². The molecule has 18 heteroatoms. The zero-order chi connectivity index (χ0) is 35.6. The first kappa shape index (κ1) is 41.8. The van der Waals surface area contributed by atoms with Gasteiger partial charge in [-0.05, 0) is 58.7 Å². The third kappa shape index (κ3) is 13.2. The average molecular weight is 775 g/mol. The van der Waals surface area contributed by atoms with Gasteiger partial charge in [0.25, 0.3) is 11.8 Å². The van der Waals surface area contributed by atoms with E-state index in [1.807, 2.05) is 0 Å². The fraction of sp³-hybridized carbons (Fsp3) is 0.400. The van der Waals surface area contributed by atoms with E-state index in [9.17, 15) is 28.8 Å². The predicted molar refractivity (Wildman–Crippen MR) is 201 cm³/mol. The number of benzene rings is 2. The lowest BCUT2D eigenvalue weighted by molar-refractivity contribution is -0.145. The van der Waals surface area contributed by atoms with Crippen LogP contribution in [0.25, 0.3) is 11.1 Å². The molecule has 2 unspecified atom stereocenters. The first-order valence-electron chi connectivity index (χ1n) is 14.5. The maximum Gasteiger partial charge on any atom is 0.329 e. The van der Waals surface area contributed by atoms with Crippen molar-refractivity contribution in [1.82, 2.24) is 10.6 Å². The summed E-state index contributed by atoms with van der Waals surface area (Å²) in [6, 6.07) is 9.27. The normalized spacial score (nSPS) is 13.4. The second kappa shape index (κ2) is 22.4. The smallest absolute Gasteiger partial charge is 0.329 e. The molecular weight excluding hydrogens is 737 g/mol. The van der Waals surface area contributed by atoms with Crippen molar-refractivity contribution in [2.75, 3.05) is 36.2 Å². The van der Waals surface area contributed by atoms with Crippen molar-refractivity contribution in [2.24, 2.45) is 11.5 Å². The molecule has 2 amide bonds. The summed E-state index contributed by atoms with van der Waals surface area (Å²) in [4.78, 5) is 77.0. The van der Waals surface area contributed by atoms with Crippen LogP contribution >= 0.6 is 68.4 Å². The molecule has 0 saturated heterocycles. The van der Waals surface area contributed by atoms with E-state index in [2.05, 4.69) is 35.9 Å². The lowest BCUT2D eigenvalue weighted by Crippen LogP contribution is -2.44. The Balaban J connectivity index is 2.32. The average Bonchev–Trinajstić information content (AvgIpc) is 3.09. The topological polar surface area (TPSA) is 197 Å². The number of carbonyl (C=O) groups is 6. The molecule has 0 spiro atoms. The van der Waals surface area contributed by atoms with Crippen LogP contribution in [0.1, 0.15) is 34.6 Å². The highest BCUT2D eigenvalue weighted by atomic mass is 33.1. The Bertz CT molecular complexity index is 1330. The van der Waals surface area contributed by atoms with Crippen LogP contribution in [0.5, 0.6) is 0 Å². The second-order valence-corrected chi connectivity index (χ2v) is 15.0. The van der Waals surface area contributed by atoms with Crippen molar-refractivity contribution in [1.29, 1.82) is 0 Å². The molecule has 0 aliphatic heterocycles. The molecule has 0 fully saturated rings. The van der Waals surface area contributed by atoms with Crippen molar-refractivity contribution in [3.63, 3.8) is 0 Å². The fourth-order valence-corrected chi connectivity index (χ4v) is 8.46. The number of rotatable bonds is 19. The quantitative estimate of drug-likeness (QED) is 0.0692. The standard InChI is InChI=1S/C30H38N4O8S6/c1-3-41-27(37)23(15-45-47-29(39)21(31)13-43)33-25(35)19-11-7-5-9-17(19)18-10-6-8-12-20(18)26(36)34-24(28(38)42-4-2)16-46-48-30(40)22(32)14-44/h5-12,21-24,43-44H,3-4,13-16,31-32H2,1-2H3,(H,33,35)(H,34,36)/t21-,22-,23?,24?/m0/s1. The molecule has 4 atom stereocenters. The third-order valence-electron chi connectivity index (χ3n) is 6.14. The van der Waals surface area contributed by atoms with E-state index in [0.717, 1.165) is 43.2 Å². The van der Waals surface area contributed by atoms with E-state index in [1.165, 1.54) is 0 Å². The van der Waals surface area contributed by atoms with Crippen LogP contribution in [0, 0.1) is 0 Å². The third-order valence-corrected chi connectivity index (χ3v) is 11.5. The van der Waals surface area contributed by atoms with E-state index in [-0.39, 0.29) is 57.6 Å². The van der Waals surface area contributed by atoms with Crippen LogP contribution in [0.15, 0.2) is 48.5 Å². The summed E-state index contributed by atoms with van der Waals surface area (Å²) in [7, 11) is 3.81. The van der Waals surface area contributed by atoms with E-state index >= 15 is 0 Å². The lowest BCUT2D eigenvalue weighted by Gasteiger charge is -2.20. The van der Waals surface area contributed by atoms with Gasteiger partial charge in [-0.1, -0.05) is 58.0 Å². The van der Waals surface area contributed by atoms with Gasteiger partial charge in [0, 0.05) is 34.1 Å². The SMILES string of the molecule is CCOC(=O)C(CSSC(=O)[C@@H](N)CS)NC(=O)c1ccccc1-c1ccccc1C(=O)NC(CSSC(=O)[C@@H](N)CS)C(=O)OCC. The van der Waals surface area contributed by atoms with Crippen molar-refractivity contribution in [3.8, 4) is 11.1 Å². The van der Waals surface area contributed by atoms with E-state index in [1.54, 1.807) is 62.4 Å². The highest BCUT2D eigenvalue weighted by Gasteiger charge is 2.28. The molecule has 0 aromatic heterocycles. The Hall–Kier alpha value is -2.32. The van der Waals surface area contributed by atoms with Gasteiger partial charge in [-0.15, -0.1) is 0 Å². The number of esters is 2. The minimum absolute atomic E-state index is 0.0130. The summed E-state index contributed by atoms with van der Waals surface area (Å²) in [6.07, 6.45) is 0. The molecule has 2 aromatic carbocycles. The van der Waals surface area contributed by atoms with E-state index in [4.69, 9.17) is 20.9 Å². The highest BCUT2D eigenvalue weighted by Crippen LogP contribution is 2.29. The van der Waals surface area contributed by atoms with Gasteiger partial charge in [0.05, 0.1) is 25.3 Å². The van der Waals surface area contributed by atoms with Crippen LogP contribution < -0.4 is 22.1 Å². The maximum atomic E-state index is 13.6. The molecule has 0 aliphatic carbocycles. The van der Waals surface area contributed by atoms with Gasteiger partial charge in [-0.25, -0.2) is 9.59 Å². The zero-order valence-electron chi connectivity index (χ0n) is 26.1. The van der Waals surface area contributed by atoms with Gasteiger partial charge in [-0.2, -0.15) is 25.3 Å².